The maximum atomic E-state index is 14.6. The molecule has 196 valence electrons. The lowest BCUT2D eigenvalue weighted by atomic mass is 9.64. The Labute approximate surface area is 230 Å². The number of hydrogen-bond donors (Lipinski definition) is 0. The lowest BCUT2D eigenvalue weighted by Crippen LogP contribution is -2.48. The molecule has 5 nitrogen and oxygen atoms in total. The molecular formula is C34H24FNO4. The van der Waals surface area contributed by atoms with E-state index in [2.05, 4.69) is 0 Å². The molecule has 0 N–H and O–H groups in total. The Hall–Kier alpha value is -4.84. The van der Waals surface area contributed by atoms with Gasteiger partial charge in [0.1, 0.15) is 23.0 Å². The monoisotopic (exact) mass is 529 g/mol. The summed E-state index contributed by atoms with van der Waals surface area (Å²) in [5.41, 5.74) is 1.67. The van der Waals surface area contributed by atoms with Crippen molar-refractivity contribution in [3.8, 4) is 5.75 Å². The molecule has 0 amide bonds. The lowest BCUT2D eigenvalue weighted by Gasteiger charge is -2.37. The third-order valence-electron chi connectivity index (χ3n) is 8.56. The second kappa shape index (κ2) is 8.85. The first-order chi connectivity index (χ1) is 19.5. The first-order valence-electron chi connectivity index (χ1n) is 13.1. The van der Waals surface area contributed by atoms with Gasteiger partial charge in [-0.25, -0.2) is 4.39 Å². The van der Waals surface area contributed by atoms with Crippen molar-refractivity contribution in [2.24, 2.45) is 5.41 Å². The second-order valence-electron chi connectivity index (χ2n) is 10.4. The van der Waals surface area contributed by atoms with E-state index in [1.807, 2.05) is 41.3 Å². The summed E-state index contributed by atoms with van der Waals surface area (Å²) in [5.74, 6) is -1.70. The molecule has 3 aliphatic rings. The number of ketones is 3. The van der Waals surface area contributed by atoms with Crippen molar-refractivity contribution in [3.63, 3.8) is 0 Å². The highest BCUT2D eigenvalue weighted by Crippen LogP contribution is 2.61. The molecule has 40 heavy (non-hydrogen) atoms. The standard InChI is InChI=1S/C34H24FNO4/c1-40-24-9-6-8-22(19-24)31(37)30-29(21-13-16-23(35)17-14-21)34(32(38)25-10-3-4-11-26(25)33(34)39)28-18-15-20-7-2-5-12-27(20)36(28)30/h2-19,28-30H,1H3/t28-,29-,30+/m0/s1. The average molecular weight is 530 g/mol. The molecule has 4 aromatic rings. The molecule has 0 bridgehead atoms. The number of methoxy groups -OCH3 is 1. The number of anilines is 1. The fourth-order valence-corrected chi connectivity index (χ4v) is 6.91. The van der Waals surface area contributed by atoms with Crippen molar-refractivity contribution in [1.29, 1.82) is 0 Å². The highest BCUT2D eigenvalue weighted by atomic mass is 19.1. The van der Waals surface area contributed by atoms with Gasteiger partial charge in [0, 0.05) is 28.3 Å². The zero-order chi connectivity index (χ0) is 27.6. The summed E-state index contributed by atoms with van der Waals surface area (Å²) >= 11 is 0. The Morgan fingerprint density at radius 1 is 0.850 bits per heavy atom. The van der Waals surface area contributed by atoms with Gasteiger partial charge in [-0.05, 0) is 41.5 Å². The Kier molecular flexibility index (Phi) is 5.36. The Morgan fingerprint density at radius 2 is 1.52 bits per heavy atom. The predicted molar refractivity (Wildman–Crippen MR) is 150 cm³/mol. The van der Waals surface area contributed by atoms with Crippen LogP contribution in [0.2, 0.25) is 0 Å². The van der Waals surface area contributed by atoms with Gasteiger partial charge in [0.15, 0.2) is 17.3 Å². The van der Waals surface area contributed by atoms with Crippen LogP contribution in [0.1, 0.15) is 48.1 Å². The first kappa shape index (κ1) is 24.2. The van der Waals surface area contributed by atoms with Gasteiger partial charge >= 0.3 is 0 Å². The number of benzene rings is 4. The van der Waals surface area contributed by atoms with E-state index in [9.17, 15) is 18.8 Å². The molecule has 2 heterocycles. The van der Waals surface area contributed by atoms with Crippen molar-refractivity contribution >= 4 is 29.1 Å². The highest BCUT2D eigenvalue weighted by molar-refractivity contribution is 6.32. The highest BCUT2D eigenvalue weighted by Gasteiger charge is 2.71. The number of fused-ring (bicyclic) bond motifs is 5. The van der Waals surface area contributed by atoms with Crippen LogP contribution in [0, 0.1) is 11.2 Å². The normalized spacial score (nSPS) is 21.8. The number of hydrogen-bond acceptors (Lipinski definition) is 5. The van der Waals surface area contributed by atoms with Crippen LogP contribution in [-0.4, -0.2) is 36.5 Å². The number of carbonyl (C=O) groups excluding carboxylic acids is 3. The minimum atomic E-state index is -1.62. The number of rotatable bonds is 4. The van der Waals surface area contributed by atoms with Crippen LogP contribution < -0.4 is 9.64 Å². The molecule has 3 atom stereocenters. The summed E-state index contributed by atoms with van der Waals surface area (Å²) in [6, 6.07) is 25.5. The molecule has 0 aromatic heterocycles. The van der Waals surface area contributed by atoms with E-state index in [4.69, 9.17) is 4.74 Å². The molecule has 6 heteroatoms. The lowest BCUT2D eigenvalue weighted by molar-refractivity contribution is 0.0666. The summed E-state index contributed by atoms with van der Waals surface area (Å²) in [7, 11) is 1.53. The van der Waals surface area contributed by atoms with Gasteiger partial charge in [-0.1, -0.05) is 78.9 Å². The molecule has 7 rings (SSSR count). The molecule has 1 saturated heterocycles. The molecule has 4 aromatic carbocycles. The van der Waals surface area contributed by atoms with Gasteiger partial charge in [-0.15, -0.1) is 0 Å². The summed E-state index contributed by atoms with van der Waals surface area (Å²) in [4.78, 5) is 45.7. The van der Waals surface area contributed by atoms with E-state index in [0.29, 0.717) is 28.0 Å². The number of halogens is 1. The van der Waals surface area contributed by atoms with Crippen molar-refractivity contribution < 1.29 is 23.5 Å². The minimum absolute atomic E-state index is 0.253. The Balaban J connectivity index is 1.54. The zero-order valence-corrected chi connectivity index (χ0v) is 21.6. The maximum absolute atomic E-state index is 14.6. The number of nitrogens with zero attached hydrogens (tertiary/aromatic N) is 1. The smallest absolute Gasteiger partial charge is 0.186 e. The topological polar surface area (TPSA) is 63.7 Å². The van der Waals surface area contributed by atoms with Crippen LogP contribution in [-0.2, 0) is 0 Å². The van der Waals surface area contributed by atoms with Crippen molar-refractivity contribution in [2.45, 2.75) is 18.0 Å². The van der Waals surface area contributed by atoms with Crippen LogP contribution >= 0.6 is 0 Å². The fourth-order valence-electron chi connectivity index (χ4n) is 6.91. The van der Waals surface area contributed by atoms with Crippen LogP contribution in [0.25, 0.3) is 6.08 Å². The third-order valence-corrected chi connectivity index (χ3v) is 8.56. The van der Waals surface area contributed by atoms with Gasteiger partial charge in [-0.3, -0.25) is 14.4 Å². The molecule has 0 radical (unpaired) electrons. The number of carbonyl (C=O) groups is 3. The van der Waals surface area contributed by atoms with E-state index in [0.717, 1.165) is 11.3 Å². The predicted octanol–water partition coefficient (Wildman–Crippen LogP) is 6.15. The van der Waals surface area contributed by atoms with Crippen molar-refractivity contribution in [1.82, 2.24) is 0 Å². The van der Waals surface area contributed by atoms with E-state index in [1.54, 1.807) is 60.7 Å². The summed E-state index contributed by atoms with van der Waals surface area (Å²) in [5, 5.41) is 0. The maximum Gasteiger partial charge on any atom is 0.186 e. The molecular weight excluding hydrogens is 505 g/mol. The SMILES string of the molecule is COc1cccc(C(=O)[C@H]2[C@H](c3ccc(F)cc3)C3(C(=O)c4ccccc4C3=O)[C@@H]3C=Cc4ccccc4N32)c1. The van der Waals surface area contributed by atoms with Crippen LogP contribution in [0.15, 0.2) is 103 Å². The Bertz CT molecular complexity index is 1710. The number of para-hydroxylation sites is 1. The zero-order valence-electron chi connectivity index (χ0n) is 21.6. The van der Waals surface area contributed by atoms with Gasteiger partial charge in [0.05, 0.1) is 13.2 Å². The largest absolute Gasteiger partial charge is 0.497 e. The van der Waals surface area contributed by atoms with Crippen molar-refractivity contribution in [3.05, 3.63) is 137 Å². The average Bonchev–Trinajstić information content (AvgIpc) is 3.43. The fraction of sp³-hybridized carbons (Fsp3) is 0.147. The second-order valence-corrected chi connectivity index (χ2v) is 10.4. The third kappa shape index (κ3) is 3.16. The quantitative estimate of drug-likeness (QED) is 0.234. The summed E-state index contributed by atoms with van der Waals surface area (Å²) in [6.45, 7) is 0. The van der Waals surface area contributed by atoms with E-state index >= 15 is 0 Å². The minimum Gasteiger partial charge on any atom is -0.497 e. The molecule has 1 fully saturated rings. The number of ether oxygens (including phenoxy) is 1. The van der Waals surface area contributed by atoms with E-state index in [1.165, 1.54) is 19.2 Å². The Morgan fingerprint density at radius 3 is 2.23 bits per heavy atom. The summed E-state index contributed by atoms with van der Waals surface area (Å²) < 4.78 is 19.6. The molecule has 0 unspecified atom stereocenters. The number of Topliss-reactive ketones (excluding diaryl/α,β-unsaturated/α-hetero) is 3. The van der Waals surface area contributed by atoms with E-state index in [-0.39, 0.29) is 17.3 Å². The summed E-state index contributed by atoms with van der Waals surface area (Å²) in [6.07, 6.45) is 3.79. The molecule has 2 aliphatic heterocycles. The van der Waals surface area contributed by atoms with Crippen LogP contribution in [0.3, 0.4) is 0 Å². The molecule has 0 saturated carbocycles. The van der Waals surface area contributed by atoms with Crippen LogP contribution in [0.4, 0.5) is 10.1 Å². The van der Waals surface area contributed by atoms with Gasteiger partial charge < -0.3 is 9.64 Å². The van der Waals surface area contributed by atoms with Gasteiger partial charge in [0.25, 0.3) is 0 Å². The molecule has 1 spiro atoms. The van der Waals surface area contributed by atoms with Gasteiger partial charge in [-0.2, -0.15) is 0 Å². The van der Waals surface area contributed by atoms with E-state index < -0.39 is 29.2 Å². The van der Waals surface area contributed by atoms with Crippen LogP contribution in [0.5, 0.6) is 5.75 Å². The van der Waals surface area contributed by atoms with Gasteiger partial charge in [0.2, 0.25) is 0 Å². The first-order valence-corrected chi connectivity index (χ1v) is 13.1. The molecule has 1 aliphatic carbocycles. The van der Waals surface area contributed by atoms with Crippen molar-refractivity contribution in [2.75, 3.05) is 12.0 Å².